The van der Waals surface area contributed by atoms with Gasteiger partial charge in [-0.25, -0.2) is 9.18 Å². The molecule has 4 nitrogen and oxygen atoms in total. The number of hydrogen-bond donors (Lipinski definition) is 3. The molecule has 0 aliphatic heterocycles. The Balaban J connectivity index is 1.85. The van der Waals surface area contributed by atoms with Crippen LogP contribution in [-0.4, -0.2) is 24.3 Å². The topological polar surface area (TPSA) is 61.4 Å². The molecular weight excluding hydrogens is 283 g/mol. The Bertz CT molecular complexity index is 501. The third-order valence-electron chi connectivity index (χ3n) is 4.28. The van der Waals surface area contributed by atoms with Gasteiger partial charge < -0.3 is 15.7 Å². The van der Waals surface area contributed by atoms with Gasteiger partial charge in [-0.15, -0.1) is 0 Å². The minimum absolute atomic E-state index is 0.117. The molecule has 1 aliphatic carbocycles. The fraction of sp³-hybridized carbons (Fsp3) is 0.588. The molecule has 0 fully saturated rings. The Labute approximate surface area is 131 Å². The summed E-state index contributed by atoms with van der Waals surface area (Å²) in [6, 6.07) is 4.43. The number of halogens is 1. The number of rotatable bonds is 7. The van der Waals surface area contributed by atoms with E-state index >= 15 is 0 Å². The number of aryl methyl sites for hydroxylation is 1. The monoisotopic (exact) mass is 308 g/mol. The number of carbonyl (C=O) groups is 1. The molecule has 2 atom stereocenters. The molecule has 0 heterocycles. The van der Waals surface area contributed by atoms with Crippen LogP contribution < -0.4 is 10.6 Å². The van der Waals surface area contributed by atoms with Crippen molar-refractivity contribution < 1.29 is 14.3 Å². The molecule has 0 bridgehead atoms. The lowest BCUT2D eigenvalue weighted by Crippen LogP contribution is -2.39. The van der Waals surface area contributed by atoms with E-state index in [4.69, 9.17) is 5.11 Å². The molecule has 0 spiro atoms. The third kappa shape index (κ3) is 4.44. The molecule has 1 aromatic rings. The van der Waals surface area contributed by atoms with Crippen LogP contribution in [0.25, 0.3) is 0 Å². The van der Waals surface area contributed by atoms with Gasteiger partial charge in [0.1, 0.15) is 5.82 Å². The average molecular weight is 308 g/mol. The summed E-state index contributed by atoms with van der Waals surface area (Å²) in [5.41, 5.74) is 1.99. The zero-order chi connectivity index (χ0) is 15.9. The summed E-state index contributed by atoms with van der Waals surface area (Å²) in [6.45, 7) is 2.79. The van der Waals surface area contributed by atoms with Crippen molar-refractivity contribution in [3.05, 3.63) is 35.1 Å². The van der Waals surface area contributed by atoms with Crippen molar-refractivity contribution in [2.45, 2.75) is 45.1 Å². The summed E-state index contributed by atoms with van der Waals surface area (Å²) in [7, 11) is 0. The second-order valence-corrected chi connectivity index (χ2v) is 5.96. The van der Waals surface area contributed by atoms with Gasteiger partial charge in [0.05, 0.1) is 6.04 Å². The molecule has 0 aromatic heterocycles. The SMILES string of the molecule is CCCC(CCO)CNC(=O)NC1CCc2ccc(F)cc21. The molecule has 1 aromatic carbocycles. The lowest BCUT2D eigenvalue weighted by atomic mass is 10.0. The van der Waals surface area contributed by atoms with Crippen LogP contribution in [0.4, 0.5) is 9.18 Å². The lowest BCUT2D eigenvalue weighted by molar-refractivity contribution is 0.226. The van der Waals surface area contributed by atoms with Crippen molar-refractivity contribution in [3.63, 3.8) is 0 Å². The van der Waals surface area contributed by atoms with Crippen LogP contribution in [0.3, 0.4) is 0 Å². The summed E-state index contributed by atoms with van der Waals surface area (Å²) in [4.78, 5) is 12.0. The second-order valence-electron chi connectivity index (χ2n) is 5.96. The van der Waals surface area contributed by atoms with Gasteiger partial charge in [-0.3, -0.25) is 0 Å². The van der Waals surface area contributed by atoms with E-state index in [1.807, 2.05) is 0 Å². The van der Waals surface area contributed by atoms with E-state index in [9.17, 15) is 9.18 Å². The highest BCUT2D eigenvalue weighted by molar-refractivity contribution is 5.74. The number of hydrogen-bond acceptors (Lipinski definition) is 2. The van der Waals surface area contributed by atoms with Gasteiger partial charge in [-0.2, -0.15) is 0 Å². The maximum absolute atomic E-state index is 13.3. The molecular formula is C17H25FN2O2. The highest BCUT2D eigenvalue weighted by Crippen LogP contribution is 2.31. The minimum Gasteiger partial charge on any atom is -0.396 e. The van der Waals surface area contributed by atoms with Gasteiger partial charge in [0.25, 0.3) is 0 Å². The van der Waals surface area contributed by atoms with E-state index in [0.717, 1.165) is 36.8 Å². The molecule has 5 heteroatoms. The fourth-order valence-corrected chi connectivity index (χ4v) is 3.11. The van der Waals surface area contributed by atoms with Crippen LogP contribution in [-0.2, 0) is 6.42 Å². The molecule has 122 valence electrons. The van der Waals surface area contributed by atoms with Gasteiger partial charge in [-0.05, 0) is 54.9 Å². The first-order valence-corrected chi connectivity index (χ1v) is 8.07. The Kier molecular flexibility index (Phi) is 6.19. The van der Waals surface area contributed by atoms with Crippen LogP contribution in [0.15, 0.2) is 18.2 Å². The third-order valence-corrected chi connectivity index (χ3v) is 4.28. The van der Waals surface area contributed by atoms with Crippen molar-refractivity contribution >= 4 is 6.03 Å². The van der Waals surface area contributed by atoms with Crippen LogP contribution >= 0.6 is 0 Å². The summed E-state index contributed by atoms with van der Waals surface area (Å²) in [5.74, 6) is 0.0351. The van der Waals surface area contributed by atoms with E-state index in [0.29, 0.717) is 18.9 Å². The molecule has 0 saturated heterocycles. The van der Waals surface area contributed by atoms with Crippen molar-refractivity contribution in [2.24, 2.45) is 5.92 Å². The highest BCUT2D eigenvalue weighted by atomic mass is 19.1. The molecule has 22 heavy (non-hydrogen) atoms. The van der Waals surface area contributed by atoms with Crippen LogP contribution in [0.1, 0.15) is 49.8 Å². The maximum Gasteiger partial charge on any atom is 0.315 e. The van der Waals surface area contributed by atoms with E-state index in [1.165, 1.54) is 12.1 Å². The Morgan fingerprint density at radius 1 is 1.45 bits per heavy atom. The predicted molar refractivity (Wildman–Crippen MR) is 84.1 cm³/mol. The largest absolute Gasteiger partial charge is 0.396 e. The number of aliphatic hydroxyl groups is 1. The van der Waals surface area contributed by atoms with Gasteiger partial charge in [0, 0.05) is 13.2 Å². The van der Waals surface area contributed by atoms with Crippen LogP contribution in [0.2, 0.25) is 0 Å². The Hall–Kier alpha value is -1.62. The molecule has 2 rings (SSSR count). The lowest BCUT2D eigenvalue weighted by Gasteiger charge is -2.18. The minimum atomic E-state index is -0.265. The van der Waals surface area contributed by atoms with Crippen LogP contribution in [0, 0.1) is 11.7 Å². The number of amides is 2. The van der Waals surface area contributed by atoms with Crippen molar-refractivity contribution in [1.82, 2.24) is 10.6 Å². The summed E-state index contributed by atoms with van der Waals surface area (Å²) in [5, 5.41) is 14.8. The zero-order valence-electron chi connectivity index (χ0n) is 13.1. The van der Waals surface area contributed by atoms with Crippen molar-refractivity contribution in [2.75, 3.05) is 13.2 Å². The molecule has 1 aliphatic rings. The zero-order valence-corrected chi connectivity index (χ0v) is 13.1. The fourth-order valence-electron chi connectivity index (χ4n) is 3.11. The average Bonchev–Trinajstić information content (AvgIpc) is 2.87. The van der Waals surface area contributed by atoms with Gasteiger partial charge >= 0.3 is 6.03 Å². The first-order valence-electron chi connectivity index (χ1n) is 8.07. The van der Waals surface area contributed by atoms with E-state index in [-0.39, 0.29) is 24.5 Å². The van der Waals surface area contributed by atoms with E-state index in [1.54, 1.807) is 6.07 Å². The first kappa shape index (κ1) is 16.7. The summed E-state index contributed by atoms with van der Waals surface area (Å²) in [6.07, 6.45) is 4.39. The van der Waals surface area contributed by atoms with Gasteiger partial charge in [0.15, 0.2) is 0 Å². The molecule has 2 amide bonds. The number of fused-ring (bicyclic) bond motifs is 1. The molecule has 3 N–H and O–H groups in total. The normalized spacial score (nSPS) is 17.9. The second kappa shape index (κ2) is 8.13. The molecule has 0 radical (unpaired) electrons. The standard InChI is InChI=1S/C17H25FN2O2/c1-2-3-12(8-9-21)11-19-17(22)20-16-7-5-13-4-6-14(18)10-15(13)16/h4,6,10,12,16,21H,2-3,5,7-9,11H2,1H3,(H2,19,20,22). The molecule has 0 saturated carbocycles. The number of urea groups is 1. The number of nitrogens with one attached hydrogen (secondary N) is 2. The molecule has 2 unspecified atom stereocenters. The van der Waals surface area contributed by atoms with Crippen molar-refractivity contribution in [1.29, 1.82) is 0 Å². The van der Waals surface area contributed by atoms with Crippen molar-refractivity contribution in [3.8, 4) is 0 Å². The van der Waals surface area contributed by atoms with Gasteiger partial charge in [-0.1, -0.05) is 19.4 Å². The number of carbonyl (C=O) groups excluding carboxylic acids is 1. The van der Waals surface area contributed by atoms with Crippen LogP contribution in [0.5, 0.6) is 0 Å². The Morgan fingerprint density at radius 2 is 2.27 bits per heavy atom. The first-order chi connectivity index (χ1) is 10.6. The Morgan fingerprint density at radius 3 is 3.00 bits per heavy atom. The predicted octanol–water partition coefficient (Wildman–Crippen LogP) is 2.91. The maximum atomic E-state index is 13.3. The summed E-state index contributed by atoms with van der Waals surface area (Å²) >= 11 is 0. The van der Waals surface area contributed by atoms with E-state index < -0.39 is 0 Å². The summed E-state index contributed by atoms with van der Waals surface area (Å²) < 4.78 is 13.3. The number of aliphatic hydroxyl groups excluding tert-OH is 1. The smallest absolute Gasteiger partial charge is 0.315 e. The number of benzene rings is 1. The quantitative estimate of drug-likeness (QED) is 0.725. The van der Waals surface area contributed by atoms with E-state index in [2.05, 4.69) is 17.6 Å². The highest BCUT2D eigenvalue weighted by Gasteiger charge is 2.24. The van der Waals surface area contributed by atoms with Gasteiger partial charge in [0.2, 0.25) is 0 Å².